The van der Waals surface area contributed by atoms with Gasteiger partial charge in [-0.05, 0) is 42.0 Å². The minimum absolute atomic E-state index is 0.0262. The van der Waals surface area contributed by atoms with E-state index in [0.717, 1.165) is 21.5 Å². The zero-order valence-corrected chi connectivity index (χ0v) is 12.0. The van der Waals surface area contributed by atoms with Gasteiger partial charge >= 0.3 is 0 Å². The summed E-state index contributed by atoms with van der Waals surface area (Å²) in [6, 6.07) is 1.91. The molecule has 2 rings (SSSR count). The fraction of sp³-hybridized carbons (Fsp3) is 0.545. The van der Waals surface area contributed by atoms with Crippen LogP contribution in [0, 0.1) is 8.80 Å². The second-order valence-electron chi connectivity index (χ2n) is 3.97. The Morgan fingerprint density at radius 3 is 3.12 bits per heavy atom. The van der Waals surface area contributed by atoms with Crippen molar-refractivity contribution < 1.29 is 9.53 Å². The molecule has 1 saturated heterocycles. The van der Waals surface area contributed by atoms with Crippen molar-refractivity contribution in [2.45, 2.75) is 19.4 Å². The second kappa shape index (κ2) is 5.46. The van der Waals surface area contributed by atoms with Gasteiger partial charge in [0.05, 0.1) is 14.6 Å². The van der Waals surface area contributed by atoms with Crippen LogP contribution >= 0.6 is 33.9 Å². The molecule has 0 aliphatic carbocycles. The molecule has 0 spiro atoms. The van der Waals surface area contributed by atoms with Gasteiger partial charge in [-0.3, -0.25) is 4.79 Å². The predicted molar refractivity (Wildman–Crippen MR) is 72.9 cm³/mol. The molecule has 2 atom stereocenters. The summed E-state index contributed by atoms with van der Waals surface area (Å²) >= 11 is 3.81. The molecular weight excluding hydrogens is 337 g/mol. The number of ether oxygens (including phenoxy) is 1. The Balaban J connectivity index is 1.84. The number of rotatable bonds is 3. The third-order valence-electron chi connectivity index (χ3n) is 2.89. The highest BCUT2D eigenvalue weighted by Crippen LogP contribution is 2.20. The molecule has 88 valence electrons. The zero-order chi connectivity index (χ0) is 11.5. The van der Waals surface area contributed by atoms with Crippen molar-refractivity contribution in [3.63, 3.8) is 0 Å². The Morgan fingerprint density at radius 2 is 2.56 bits per heavy atom. The number of hydrogen-bond donors (Lipinski definition) is 1. The first kappa shape index (κ1) is 12.3. The van der Waals surface area contributed by atoms with Crippen LogP contribution in [0.25, 0.3) is 0 Å². The van der Waals surface area contributed by atoms with Crippen molar-refractivity contribution >= 4 is 39.8 Å². The first-order valence-corrected chi connectivity index (χ1v) is 7.26. The third-order valence-corrected chi connectivity index (χ3v) is 4.68. The molecule has 0 aromatic carbocycles. The Kier molecular flexibility index (Phi) is 4.21. The molecule has 2 heterocycles. The lowest BCUT2D eigenvalue weighted by Gasteiger charge is -2.14. The Labute approximate surface area is 113 Å². The predicted octanol–water partition coefficient (Wildman–Crippen LogP) is 2.51. The third kappa shape index (κ3) is 2.95. The van der Waals surface area contributed by atoms with Crippen LogP contribution in [0.5, 0.6) is 0 Å². The van der Waals surface area contributed by atoms with Gasteiger partial charge in [-0.15, -0.1) is 11.3 Å². The highest BCUT2D eigenvalue weighted by atomic mass is 127. The molecule has 1 aliphatic heterocycles. The summed E-state index contributed by atoms with van der Waals surface area (Å²) in [6.07, 6.45) is 1.31. The largest absolute Gasteiger partial charge is 0.378 e. The van der Waals surface area contributed by atoms with Gasteiger partial charge in [0.25, 0.3) is 5.91 Å². The van der Waals surface area contributed by atoms with Crippen LogP contribution in [0.4, 0.5) is 0 Å². The quantitative estimate of drug-likeness (QED) is 0.850. The number of carbonyl (C=O) groups is 1. The molecule has 0 bridgehead atoms. The van der Waals surface area contributed by atoms with Crippen LogP contribution in [-0.2, 0) is 4.74 Å². The summed E-state index contributed by atoms with van der Waals surface area (Å²) in [5.74, 6) is 0.486. The van der Waals surface area contributed by atoms with Crippen molar-refractivity contribution in [3.8, 4) is 0 Å². The van der Waals surface area contributed by atoms with E-state index in [0.29, 0.717) is 12.5 Å². The number of amides is 1. The van der Waals surface area contributed by atoms with E-state index in [1.54, 1.807) is 11.3 Å². The van der Waals surface area contributed by atoms with Crippen molar-refractivity contribution in [3.05, 3.63) is 19.9 Å². The average molecular weight is 351 g/mol. The number of hydrogen-bond acceptors (Lipinski definition) is 3. The van der Waals surface area contributed by atoms with Gasteiger partial charge < -0.3 is 10.1 Å². The van der Waals surface area contributed by atoms with E-state index in [1.807, 2.05) is 11.4 Å². The lowest BCUT2D eigenvalue weighted by atomic mass is 10.0. The van der Waals surface area contributed by atoms with E-state index < -0.39 is 0 Å². The number of halogens is 1. The summed E-state index contributed by atoms with van der Waals surface area (Å²) in [6.45, 7) is 3.60. The standard InChI is InChI=1S/C11H14INO2S/c1-7-8(2-3-15-7)5-13-11(14)9-4-10(12)16-6-9/h4,6-8H,2-3,5H2,1H3,(H,13,14). The normalized spacial score (nSPS) is 24.6. The van der Waals surface area contributed by atoms with Gasteiger partial charge in [-0.1, -0.05) is 0 Å². The topological polar surface area (TPSA) is 38.3 Å². The van der Waals surface area contributed by atoms with Crippen molar-refractivity contribution in [1.82, 2.24) is 5.32 Å². The molecule has 1 fully saturated rings. The summed E-state index contributed by atoms with van der Waals surface area (Å²) in [7, 11) is 0. The van der Waals surface area contributed by atoms with E-state index in [4.69, 9.17) is 4.74 Å². The molecule has 1 N–H and O–H groups in total. The highest BCUT2D eigenvalue weighted by molar-refractivity contribution is 14.1. The average Bonchev–Trinajstić information content (AvgIpc) is 2.84. The molecule has 1 amide bonds. The van der Waals surface area contributed by atoms with Gasteiger partial charge in [0, 0.05) is 24.4 Å². The van der Waals surface area contributed by atoms with Crippen LogP contribution in [-0.4, -0.2) is 25.2 Å². The Hall–Kier alpha value is -0.140. The van der Waals surface area contributed by atoms with Crippen LogP contribution in [0.2, 0.25) is 0 Å². The molecule has 1 aliphatic rings. The van der Waals surface area contributed by atoms with E-state index >= 15 is 0 Å². The Morgan fingerprint density at radius 1 is 1.75 bits per heavy atom. The van der Waals surface area contributed by atoms with Crippen LogP contribution in [0.3, 0.4) is 0 Å². The van der Waals surface area contributed by atoms with Crippen LogP contribution in [0.1, 0.15) is 23.7 Å². The van der Waals surface area contributed by atoms with Gasteiger partial charge in [0.1, 0.15) is 0 Å². The molecule has 1 aromatic rings. The molecule has 5 heteroatoms. The van der Waals surface area contributed by atoms with Crippen LogP contribution < -0.4 is 5.32 Å². The monoisotopic (exact) mass is 351 g/mol. The first-order chi connectivity index (χ1) is 7.66. The fourth-order valence-electron chi connectivity index (χ4n) is 1.80. The van der Waals surface area contributed by atoms with Crippen molar-refractivity contribution in [2.24, 2.45) is 5.92 Å². The number of carbonyl (C=O) groups excluding carboxylic acids is 1. The molecular formula is C11H14INO2S. The summed E-state index contributed by atoms with van der Waals surface area (Å²) in [5, 5.41) is 4.86. The van der Waals surface area contributed by atoms with Crippen LogP contribution in [0.15, 0.2) is 11.4 Å². The Bertz CT molecular complexity index is 380. The molecule has 0 saturated carbocycles. The van der Waals surface area contributed by atoms with E-state index in [2.05, 4.69) is 34.8 Å². The summed E-state index contributed by atoms with van der Waals surface area (Å²) in [4.78, 5) is 11.8. The number of thiophene rings is 1. The molecule has 2 unspecified atom stereocenters. The van der Waals surface area contributed by atoms with Gasteiger partial charge in [-0.25, -0.2) is 0 Å². The van der Waals surface area contributed by atoms with Crippen molar-refractivity contribution in [2.75, 3.05) is 13.2 Å². The maximum atomic E-state index is 11.8. The second-order valence-corrected chi connectivity index (χ2v) is 6.78. The van der Waals surface area contributed by atoms with Gasteiger partial charge in [0.2, 0.25) is 0 Å². The minimum atomic E-state index is 0.0262. The molecule has 3 nitrogen and oxygen atoms in total. The van der Waals surface area contributed by atoms with E-state index in [1.165, 1.54) is 0 Å². The molecule has 16 heavy (non-hydrogen) atoms. The van der Waals surface area contributed by atoms with E-state index in [-0.39, 0.29) is 12.0 Å². The molecule has 0 radical (unpaired) electrons. The lowest BCUT2D eigenvalue weighted by molar-refractivity contribution is 0.0907. The maximum absolute atomic E-state index is 11.8. The SMILES string of the molecule is CC1OCCC1CNC(=O)c1csc(I)c1. The maximum Gasteiger partial charge on any atom is 0.252 e. The highest BCUT2D eigenvalue weighted by Gasteiger charge is 2.24. The fourth-order valence-corrected chi connectivity index (χ4v) is 3.13. The zero-order valence-electron chi connectivity index (χ0n) is 9.03. The minimum Gasteiger partial charge on any atom is -0.378 e. The summed E-state index contributed by atoms with van der Waals surface area (Å²) < 4.78 is 6.60. The van der Waals surface area contributed by atoms with Crippen molar-refractivity contribution in [1.29, 1.82) is 0 Å². The summed E-state index contributed by atoms with van der Waals surface area (Å²) in [5.41, 5.74) is 0.765. The molecule has 1 aromatic heterocycles. The number of nitrogens with one attached hydrogen (secondary N) is 1. The smallest absolute Gasteiger partial charge is 0.252 e. The first-order valence-electron chi connectivity index (χ1n) is 5.30. The van der Waals surface area contributed by atoms with Gasteiger partial charge in [-0.2, -0.15) is 0 Å². The van der Waals surface area contributed by atoms with E-state index in [9.17, 15) is 4.79 Å². The lowest BCUT2D eigenvalue weighted by Crippen LogP contribution is -2.31. The van der Waals surface area contributed by atoms with Gasteiger partial charge in [0.15, 0.2) is 0 Å².